The lowest BCUT2D eigenvalue weighted by Gasteiger charge is -1.71. The van der Waals surface area contributed by atoms with E-state index in [2.05, 4.69) is 5.10 Å². The van der Waals surface area contributed by atoms with E-state index in [0.717, 1.165) is 0 Å². The number of nitrogens with zero attached hydrogens (tertiary/aromatic N) is 2. The third kappa shape index (κ3) is 0.495. The first-order valence-electron chi connectivity index (χ1n) is 2.55. The summed E-state index contributed by atoms with van der Waals surface area (Å²) in [5.41, 5.74) is 5.98. The summed E-state index contributed by atoms with van der Waals surface area (Å²) in [7, 11) is 0. The lowest BCUT2D eigenvalue weighted by atomic mass is 10.7. The molecule has 2 rings (SSSR count). The van der Waals surface area contributed by atoms with E-state index in [4.69, 9.17) is 10.2 Å². The molecule has 0 aliphatic heterocycles. The molecule has 4 heteroatoms. The van der Waals surface area contributed by atoms with Crippen molar-refractivity contribution in [2.45, 2.75) is 0 Å². The maximum atomic E-state index is 5.31. The molecule has 0 atom stereocenters. The van der Waals surface area contributed by atoms with Gasteiger partial charge in [-0.1, -0.05) is 0 Å². The van der Waals surface area contributed by atoms with E-state index in [-0.39, 0.29) is 0 Å². The zero-order chi connectivity index (χ0) is 6.27. The first-order chi connectivity index (χ1) is 4.36. The minimum Gasteiger partial charge on any atom is -0.422 e. The molecule has 0 spiro atoms. The zero-order valence-electron chi connectivity index (χ0n) is 4.61. The monoisotopic (exact) mass is 123 g/mol. The molecule has 0 bridgehead atoms. The normalized spacial score (nSPS) is 10.7. The number of nitrogen functional groups attached to an aromatic ring is 1. The molecule has 0 aliphatic carbocycles. The van der Waals surface area contributed by atoms with Crippen molar-refractivity contribution >= 4 is 11.6 Å². The van der Waals surface area contributed by atoms with Crippen LogP contribution in [-0.4, -0.2) is 9.61 Å². The highest BCUT2D eigenvalue weighted by Gasteiger charge is 1.96. The number of hydrogen-bond acceptors (Lipinski definition) is 3. The predicted molar refractivity (Wildman–Crippen MR) is 31.9 cm³/mol. The average molecular weight is 123 g/mol. The molecule has 0 saturated heterocycles. The highest BCUT2D eigenvalue weighted by Crippen LogP contribution is 2.08. The Morgan fingerprint density at radius 1 is 1.67 bits per heavy atom. The number of anilines is 1. The van der Waals surface area contributed by atoms with Crippen molar-refractivity contribution < 1.29 is 4.42 Å². The van der Waals surface area contributed by atoms with Gasteiger partial charge in [-0.25, -0.2) is 4.52 Å². The van der Waals surface area contributed by atoms with Crippen LogP contribution in [0.4, 0.5) is 5.88 Å². The molecule has 2 N–H and O–H groups in total. The van der Waals surface area contributed by atoms with Gasteiger partial charge in [-0.15, -0.1) is 0 Å². The molecule has 2 aromatic rings. The van der Waals surface area contributed by atoms with E-state index >= 15 is 0 Å². The van der Waals surface area contributed by atoms with Crippen LogP contribution in [0.3, 0.4) is 0 Å². The summed E-state index contributed by atoms with van der Waals surface area (Å²) in [5, 5.41) is 3.88. The number of nitrogens with two attached hydrogens (primary N) is 1. The molecular formula is C5H5N3O. The molecule has 4 nitrogen and oxygen atoms in total. The zero-order valence-corrected chi connectivity index (χ0v) is 4.61. The summed E-state index contributed by atoms with van der Waals surface area (Å²) in [6.07, 6.45) is 3.27. The Balaban J connectivity index is 2.92. The van der Waals surface area contributed by atoms with E-state index < -0.39 is 0 Å². The summed E-state index contributed by atoms with van der Waals surface area (Å²) in [4.78, 5) is 0. The van der Waals surface area contributed by atoms with Gasteiger partial charge >= 0.3 is 0 Å². The Morgan fingerprint density at radius 3 is 3.33 bits per heavy atom. The summed E-state index contributed by atoms with van der Waals surface area (Å²) < 4.78 is 6.56. The van der Waals surface area contributed by atoms with Gasteiger partial charge < -0.3 is 10.2 Å². The van der Waals surface area contributed by atoms with E-state index in [1.54, 1.807) is 23.0 Å². The second-order valence-electron chi connectivity index (χ2n) is 1.75. The lowest BCUT2D eigenvalue weighted by molar-refractivity contribution is 0.625. The molecular weight excluding hydrogens is 118 g/mol. The molecule has 2 aromatic heterocycles. The van der Waals surface area contributed by atoms with Crippen LogP contribution in [0, 0.1) is 0 Å². The minimum atomic E-state index is 0.387. The molecule has 46 valence electrons. The van der Waals surface area contributed by atoms with Gasteiger partial charge in [-0.3, -0.25) is 0 Å². The lowest BCUT2D eigenvalue weighted by Crippen LogP contribution is -1.79. The smallest absolute Gasteiger partial charge is 0.224 e. The third-order valence-electron chi connectivity index (χ3n) is 1.11. The van der Waals surface area contributed by atoms with E-state index in [1.165, 1.54) is 0 Å². The molecule has 0 aliphatic rings. The Labute approximate surface area is 50.9 Å². The van der Waals surface area contributed by atoms with Crippen molar-refractivity contribution in [2.24, 2.45) is 0 Å². The second-order valence-corrected chi connectivity index (χ2v) is 1.75. The fourth-order valence-corrected chi connectivity index (χ4v) is 0.748. The molecule has 9 heavy (non-hydrogen) atoms. The Morgan fingerprint density at radius 2 is 2.56 bits per heavy atom. The quantitative estimate of drug-likeness (QED) is 0.555. The van der Waals surface area contributed by atoms with Crippen molar-refractivity contribution in [3.8, 4) is 0 Å². The molecule has 0 radical (unpaired) electrons. The Hall–Kier alpha value is -1.45. The van der Waals surface area contributed by atoms with Crippen LogP contribution < -0.4 is 5.73 Å². The van der Waals surface area contributed by atoms with Gasteiger partial charge in [0.2, 0.25) is 11.6 Å². The van der Waals surface area contributed by atoms with Crippen molar-refractivity contribution in [1.29, 1.82) is 0 Å². The van der Waals surface area contributed by atoms with Gasteiger partial charge in [0.05, 0.1) is 12.4 Å². The van der Waals surface area contributed by atoms with Crippen molar-refractivity contribution in [2.75, 3.05) is 5.73 Å². The van der Waals surface area contributed by atoms with Crippen LogP contribution in [0.5, 0.6) is 0 Å². The second kappa shape index (κ2) is 1.28. The van der Waals surface area contributed by atoms with E-state index in [0.29, 0.717) is 11.6 Å². The fourth-order valence-electron chi connectivity index (χ4n) is 0.748. The third-order valence-corrected chi connectivity index (χ3v) is 1.11. The minimum absolute atomic E-state index is 0.387. The topological polar surface area (TPSA) is 56.5 Å². The van der Waals surface area contributed by atoms with Crippen LogP contribution in [0.2, 0.25) is 0 Å². The Bertz CT molecular complexity index is 293. The van der Waals surface area contributed by atoms with Gasteiger partial charge in [-0.2, -0.15) is 5.10 Å². The maximum Gasteiger partial charge on any atom is 0.224 e. The predicted octanol–water partition coefficient (Wildman–Crippen LogP) is 0.510. The summed E-state index contributed by atoms with van der Waals surface area (Å²) >= 11 is 0. The highest BCUT2D eigenvalue weighted by molar-refractivity contribution is 5.38. The van der Waals surface area contributed by atoms with Crippen LogP contribution >= 0.6 is 0 Å². The number of hydrogen-bond donors (Lipinski definition) is 1. The number of aromatic nitrogens is 2. The average Bonchev–Trinajstić information content (AvgIpc) is 2.22. The standard InChI is InChI=1S/C5H5N3O/c6-4-3-8-5(9-4)1-2-7-8/h1-3H,6H2. The summed E-state index contributed by atoms with van der Waals surface area (Å²) in [5.74, 6) is 0.387. The largest absolute Gasteiger partial charge is 0.422 e. The van der Waals surface area contributed by atoms with E-state index in [9.17, 15) is 0 Å². The van der Waals surface area contributed by atoms with Gasteiger partial charge in [0.25, 0.3) is 0 Å². The van der Waals surface area contributed by atoms with E-state index in [1.807, 2.05) is 0 Å². The molecule has 0 amide bonds. The first-order valence-corrected chi connectivity index (χ1v) is 2.55. The van der Waals surface area contributed by atoms with Gasteiger partial charge in [0.15, 0.2) is 0 Å². The van der Waals surface area contributed by atoms with Gasteiger partial charge in [0, 0.05) is 6.07 Å². The molecule has 0 saturated carbocycles. The number of rotatable bonds is 0. The van der Waals surface area contributed by atoms with Crippen LogP contribution in [0.15, 0.2) is 22.9 Å². The molecule has 2 heterocycles. The Kier molecular flexibility index (Phi) is 0.631. The fraction of sp³-hybridized carbons (Fsp3) is 0. The summed E-state index contributed by atoms with van der Waals surface area (Å²) in [6, 6.07) is 1.75. The molecule has 0 fully saturated rings. The molecule has 0 unspecified atom stereocenters. The van der Waals surface area contributed by atoms with Gasteiger partial charge in [-0.05, 0) is 0 Å². The van der Waals surface area contributed by atoms with Crippen molar-refractivity contribution in [3.63, 3.8) is 0 Å². The number of oxazole rings is 1. The first kappa shape index (κ1) is 4.43. The SMILES string of the molecule is Nc1cn2nccc2o1. The molecule has 0 aromatic carbocycles. The van der Waals surface area contributed by atoms with Crippen molar-refractivity contribution in [1.82, 2.24) is 9.61 Å². The van der Waals surface area contributed by atoms with Crippen LogP contribution in [0.25, 0.3) is 5.71 Å². The highest BCUT2D eigenvalue weighted by atomic mass is 16.4. The summed E-state index contributed by atoms with van der Waals surface area (Å²) in [6.45, 7) is 0. The van der Waals surface area contributed by atoms with Gasteiger partial charge in [0.1, 0.15) is 0 Å². The number of fused-ring (bicyclic) bond motifs is 1. The van der Waals surface area contributed by atoms with Crippen LogP contribution in [0.1, 0.15) is 0 Å². The van der Waals surface area contributed by atoms with Crippen molar-refractivity contribution in [3.05, 3.63) is 18.5 Å². The maximum absolute atomic E-state index is 5.31. The van der Waals surface area contributed by atoms with Crippen LogP contribution in [-0.2, 0) is 0 Å².